The van der Waals surface area contributed by atoms with Crippen molar-refractivity contribution in [2.45, 2.75) is 39.5 Å². The molecule has 1 saturated carbocycles. The molecule has 4 heteroatoms. The molecule has 2 N–H and O–H groups in total. The number of amides is 1. The molecule has 0 bridgehead atoms. The van der Waals surface area contributed by atoms with Crippen LogP contribution in [0.4, 0.5) is 10.1 Å². The molecular formula is C17H25FN2O. The van der Waals surface area contributed by atoms with Gasteiger partial charge in [0.1, 0.15) is 5.82 Å². The highest BCUT2D eigenvalue weighted by Crippen LogP contribution is 2.40. The minimum atomic E-state index is -0.523. The summed E-state index contributed by atoms with van der Waals surface area (Å²) in [5.41, 5.74) is 5.79. The van der Waals surface area contributed by atoms with Crippen LogP contribution in [-0.2, 0) is 4.79 Å². The van der Waals surface area contributed by atoms with Crippen LogP contribution in [0.2, 0.25) is 0 Å². The minimum Gasteiger partial charge on any atom is -0.329 e. The highest BCUT2D eigenvalue weighted by Gasteiger charge is 2.42. The zero-order chi connectivity index (χ0) is 15.5. The third kappa shape index (κ3) is 3.10. The Labute approximate surface area is 126 Å². The Morgan fingerprint density at radius 1 is 1.38 bits per heavy atom. The SMILES string of the molecule is CCN(C(=O)C1(CN)CCC(C)CC1)c1ccccc1F. The highest BCUT2D eigenvalue weighted by molar-refractivity contribution is 5.98. The Kier molecular flexibility index (Phi) is 4.99. The molecule has 1 aliphatic carbocycles. The maximum atomic E-state index is 14.0. The standard InChI is InChI=1S/C17H25FN2O/c1-3-20(15-7-5-4-6-14(15)18)16(21)17(12-19)10-8-13(2)9-11-17/h4-7,13H,3,8-12,19H2,1-2H3. The van der Waals surface area contributed by atoms with E-state index >= 15 is 0 Å². The first kappa shape index (κ1) is 16.0. The van der Waals surface area contributed by atoms with Crippen molar-refractivity contribution in [3.05, 3.63) is 30.1 Å². The van der Waals surface area contributed by atoms with Crippen LogP contribution in [0, 0.1) is 17.2 Å². The van der Waals surface area contributed by atoms with Gasteiger partial charge in [-0.1, -0.05) is 19.1 Å². The largest absolute Gasteiger partial charge is 0.329 e. The molecule has 0 saturated heterocycles. The van der Waals surface area contributed by atoms with Crippen LogP contribution in [-0.4, -0.2) is 19.0 Å². The second-order valence-electron chi connectivity index (χ2n) is 6.17. The molecule has 1 aromatic rings. The van der Waals surface area contributed by atoms with E-state index in [2.05, 4.69) is 6.92 Å². The number of carbonyl (C=O) groups is 1. The van der Waals surface area contributed by atoms with Gasteiger partial charge in [0.05, 0.1) is 11.1 Å². The quantitative estimate of drug-likeness (QED) is 0.925. The van der Waals surface area contributed by atoms with Crippen LogP contribution >= 0.6 is 0 Å². The molecule has 0 radical (unpaired) electrons. The van der Waals surface area contributed by atoms with E-state index in [1.165, 1.54) is 6.07 Å². The van der Waals surface area contributed by atoms with E-state index in [0.717, 1.165) is 25.7 Å². The average molecular weight is 292 g/mol. The van der Waals surface area contributed by atoms with Crippen LogP contribution in [0.25, 0.3) is 0 Å². The number of halogens is 1. The third-order valence-electron chi connectivity index (χ3n) is 4.78. The lowest BCUT2D eigenvalue weighted by molar-refractivity contribution is -0.130. The predicted molar refractivity (Wildman–Crippen MR) is 83.5 cm³/mol. The lowest BCUT2D eigenvalue weighted by atomic mass is 9.70. The molecule has 1 amide bonds. The Balaban J connectivity index is 2.29. The molecule has 0 spiro atoms. The fraction of sp³-hybridized carbons (Fsp3) is 0.588. The van der Waals surface area contributed by atoms with Crippen LogP contribution < -0.4 is 10.6 Å². The van der Waals surface area contributed by atoms with Crippen molar-refractivity contribution in [2.24, 2.45) is 17.1 Å². The van der Waals surface area contributed by atoms with E-state index in [1.54, 1.807) is 23.1 Å². The monoisotopic (exact) mass is 292 g/mol. The molecule has 3 nitrogen and oxygen atoms in total. The fourth-order valence-corrected chi connectivity index (χ4v) is 3.20. The molecule has 0 aromatic heterocycles. The number of anilines is 1. The first-order chi connectivity index (χ1) is 10.0. The summed E-state index contributed by atoms with van der Waals surface area (Å²) in [6, 6.07) is 6.44. The second kappa shape index (κ2) is 6.56. The fourth-order valence-electron chi connectivity index (χ4n) is 3.20. The molecule has 0 unspecified atom stereocenters. The molecule has 1 aromatic carbocycles. The van der Waals surface area contributed by atoms with Gasteiger partial charge in [-0.15, -0.1) is 0 Å². The topological polar surface area (TPSA) is 46.3 Å². The van der Waals surface area contributed by atoms with Gasteiger partial charge in [0.2, 0.25) is 5.91 Å². The Hall–Kier alpha value is -1.42. The van der Waals surface area contributed by atoms with Gasteiger partial charge in [0.25, 0.3) is 0 Å². The number of rotatable bonds is 4. The maximum Gasteiger partial charge on any atom is 0.234 e. The van der Waals surface area contributed by atoms with Gasteiger partial charge in [-0.2, -0.15) is 0 Å². The number of nitrogens with zero attached hydrogens (tertiary/aromatic N) is 1. The van der Waals surface area contributed by atoms with Crippen molar-refractivity contribution in [3.8, 4) is 0 Å². The van der Waals surface area contributed by atoms with Crippen molar-refractivity contribution in [1.29, 1.82) is 0 Å². The van der Waals surface area contributed by atoms with E-state index in [4.69, 9.17) is 5.73 Å². The number of para-hydroxylation sites is 1. The highest BCUT2D eigenvalue weighted by atomic mass is 19.1. The van der Waals surface area contributed by atoms with Crippen molar-refractivity contribution in [1.82, 2.24) is 0 Å². The van der Waals surface area contributed by atoms with Crippen LogP contribution in [0.5, 0.6) is 0 Å². The summed E-state index contributed by atoms with van der Waals surface area (Å²) >= 11 is 0. The van der Waals surface area contributed by atoms with Crippen molar-refractivity contribution < 1.29 is 9.18 Å². The Bertz CT molecular complexity index is 495. The summed E-state index contributed by atoms with van der Waals surface area (Å²) in [6.45, 7) is 4.87. The van der Waals surface area contributed by atoms with Crippen LogP contribution in [0.1, 0.15) is 39.5 Å². The predicted octanol–water partition coefficient (Wildman–Crippen LogP) is 3.33. The second-order valence-corrected chi connectivity index (χ2v) is 6.17. The van der Waals surface area contributed by atoms with Gasteiger partial charge < -0.3 is 10.6 Å². The van der Waals surface area contributed by atoms with E-state index in [9.17, 15) is 9.18 Å². The zero-order valence-corrected chi connectivity index (χ0v) is 12.9. The molecule has 21 heavy (non-hydrogen) atoms. The smallest absolute Gasteiger partial charge is 0.234 e. The summed E-state index contributed by atoms with van der Waals surface area (Å²) in [7, 11) is 0. The molecule has 2 rings (SSSR count). The lowest BCUT2D eigenvalue weighted by Gasteiger charge is -2.40. The van der Waals surface area contributed by atoms with Gasteiger partial charge in [0.15, 0.2) is 0 Å². The summed E-state index contributed by atoms with van der Waals surface area (Å²) in [5.74, 6) is 0.259. The molecule has 0 aliphatic heterocycles. The number of hydrogen-bond acceptors (Lipinski definition) is 2. The summed E-state index contributed by atoms with van der Waals surface area (Å²) < 4.78 is 14.0. The number of hydrogen-bond donors (Lipinski definition) is 1. The number of carbonyl (C=O) groups excluding carboxylic acids is 1. The maximum absolute atomic E-state index is 14.0. The van der Waals surface area contributed by atoms with Gasteiger partial charge in [-0.3, -0.25) is 4.79 Å². The van der Waals surface area contributed by atoms with Gasteiger partial charge >= 0.3 is 0 Å². The number of benzene rings is 1. The Morgan fingerprint density at radius 3 is 2.52 bits per heavy atom. The molecule has 0 heterocycles. The molecule has 0 atom stereocenters. The Morgan fingerprint density at radius 2 is 2.00 bits per heavy atom. The first-order valence-electron chi connectivity index (χ1n) is 7.80. The summed E-state index contributed by atoms with van der Waals surface area (Å²) in [5, 5.41) is 0. The van der Waals surface area contributed by atoms with E-state index < -0.39 is 5.41 Å². The average Bonchev–Trinajstić information content (AvgIpc) is 2.51. The molecule has 1 fully saturated rings. The summed E-state index contributed by atoms with van der Waals surface area (Å²) in [4.78, 5) is 14.6. The van der Waals surface area contributed by atoms with Gasteiger partial charge in [-0.05, 0) is 50.7 Å². The zero-order valence-electron chi connectivity index (χ0n) is 12.9. The van der Waals surface area contributed by atoms with Gasteiger partial charge in [0, 0.05) is 13.1 Å². The van der Waals surface area contributed by atoms with E-state index in [1.807, 2.05) is 6.92 Å². The van der Waals surface area contributed by atoms with Crippen molar-refractivity contribution in [2.75, 3.05) is 18.0 Å². The lowest BCUT2D eigenvalue weighted by Crippen LogP contribution is -2.50. The van der Waals surface area contributed by atoms with Crippen LogP contribution in [0.15, 0.2) is 24.3 Å². The molecule has 116 valence electrons. The normalized spacial score (nSPS) is 25.6. The van der Waals surface area contributed by atoms with Gasteiger partial charge in [-0.25, -0.2) is 4.39 Å². The minimum absolute atomic E-state index is 0.0236. The van der Waals surface area contributed by atoms with Crippen molar-refractivity contribution in [3.63, 3.8) is 0 Å². The molecular weight excluding hydrogens is 267 g/mol. The third-order valence-corrected chi connectivity index (χ3v) is 4.78. The van der Waals surface area contributed by atoms with Crippen LogP contribution in [0.3, 0.4) is 0 Å². The van der Waals surface area contributed by atoms with Crippen molar-refractivity contribution >= 4 is 11.6 Å². The summed E-state index contributed by atoms with van der Waals surface area (Å²) in [6.07, 6.45) is 3.62. The first-order valence-corrected chi connectivity index (χ1v) is 7.80. The molecule has 1 aliphatic rings. The van der Waals surface area contributed by atoms with E-state index in [0.29, 0.717) is 24.7 Å². The number of nitrogens with two attached hydrogens (primary N) is 1. The van der Waals surface area contributed by atoms with E-state index in [-0.39, 0.29) is 11.7 Å².